The van der Waals surface area contributed by atoms with Crippen molar-refractivity contribution in [3.63, 3.8) is 0 Å². The Kier molecular flexibility index (Phi) is 3.02. The van der Waals surface area contributed by atoms with Gasteiger partial charge in [-0.3, -0.25) is 0 Å². The highest BCUT2D eigenvalue weighted by Crippen LogP contribution is 2.37. The first-order valence-electron chi connectivity index (χ1n) is 4.36. The van der Waals surface area contributed by atoms with E-state index in [9.17, 15) is 5.11 Å². The van der Waals surface area contributed by atoms with Crippen LogP contribution in [0.1, 0.15) is 11.1 Å². The molecule has 0 amide bonds. The summed E-state index contributed by atoms with van der Waals surface area (Å²) in [7, 11) is 3.37. The van der Waals surface area contributed by atoms with Gasteiger partial charge in [-0.05, 0) is 18.6 Å². The molecule has 0 saturated carbocycles. The number of aromatic hydroxyl groups is 1. The van der Waals surface area contributed by atoms with Crippen molar-refractivity contribution in [2.24, 2.45) is 0 Å². The SMILES string of the molecule is C=Cc1c(O)c(C)cc(OC)c1NC. The van der Waals surface area contributed by atoms with Crippen molar-refractivity contribution >= 4 is 11.8 Å². The lowest BCUT2D eigenvalue weighted by atomic mass is 10.1. The van der Waals surface area contributed by atoms with E-state index in [4.69, 9.17) is 4.74 Å². The summed E-state index contributed by atoms with van der Waals surface area (Å²) in [5, 5.41) is 12.7. The number of nitrogens with one attached hydrogen (secondary N) is 1. The second kappa shape index (κ2) is 4.05. The van der Waals surface area contributed by atoms with E-state index in [0.717, 1.165) is 11.3 Å². The molecule has 1 aromatic carbocycles. The Hall–Kier alpha value is -1.64. The molecule has 3 heteroatoms. The van der Waals surface area contributed by atoms with Crippen LogP contribution >= 0.6 is 0 Å². The lowest BCUT2D eigenvalue weighted by Crippen LogP contribution is -1.98. The molecule has 0 spiro atoms. The number of phenols is 1. The summed E-state index contributed by atoms with van der Waals surface area (Å²) in [5.74, 6) is 0.947. The van der Waals surface area contributed by atoms with Gasteiger partial charge in [-0.1, -0.05) is 12.7 Å². The van der Waals surface area contributed by atoms with Crippen molar-refractivity contribution in [1.82, 2.24) is 0 Å². The van der Waals surface area contributed by atoms with Gasteiger partial charge in [-0.15, -0.1) is 0 Å². The van der Waals surface area contributed by atoms with Gasteiger partial charge in [-0.25, -0.2) is 0 Å². The fraction of sp³-hybridized carbons (Fsp3) is 0.273. The Labute approximate surface area is 84.0 Å². The molecule has 0 atom stereocenters. The number of anilines is 1. The second-order valence-electron chi connectivity index (χ2n) is 2.99. The number of hydrogen-bond donors (Lipinski definition) is 2. The summed E-state index contributed by atoms with van der Waals surface area (Å²) >= 11 is 0. The van der Waals surface area contributed by atoms with E-state index < -0.39 is 0 Å². The smallest absolute Gasteiger partial charge is 0.143 e. The first kappa shape index (κ1) is 10.4. The highest BCUT2D eigenvalue weighted by Gasteiger charge is 2.12. The maximum absolute atomic E-state index is 9.76. The van der Waals surface area contributed by atoms with E-state index in [-0.39, 0.29) is 5.75 Å². The van der Waals surface area contributed by atoms with Crippen molar-refractivity contribution in [3.05, 3.63) is 23.8 Å². The molecule has 0 heterocycles. The maximum atomic E-state index is 9.76. The molecule has 2 N–H and O–H groups in total. The van der Waals surface area contributed by atoms with Crippen molar-refractivity contribution in [3.8, 4) is 11.5 Å². The molecule has 1 rings (SSSR count). The minimum Gasteiger partial charge on any atom is -0.507 e. The third-order valence-electron chi connectivity index (χ3n) is 2.17. The van der Waals surface area contributed by atoms with Crippen LogP contribution in [0.25, 0.3) is 6.08 Å². The first-order valence-corrected chi connectivity index (χ1v) is 4.36. The molecule has 76 valence electrons. The zero-order valence-electron chi connectivity index (χ0n) is 8.72. The van der Waals surface area contributed by atoms with Crippen LogP contribution in [0.4, 0.5) is 5.69 Å². The van der Waals surface area contributed by atoms with Gasteiger partial charge in [0.05, 0.1) is 12.8 Å². The Morgan fingerprint density at radius 2 is 2.21 bits per heavy atom. The van der Waals surface area contributed by atoms with Gasteiger partial charge in [0, 0.05) is 12.6 Å². The Morgan fingerprint density at radius 3 is 2.64 bits per heavy atom. The number of rotatable bonds is 3. The molecule has 0 aliphatic rings. The zero-order valence-corrected chi connectivity index (χ0v) is 8.72. The molecule has 14 heavy (non-hydrogen) atoms. The monoisotopic (exact) mass is 193 g/mol. The van der Waals surface area contributed by atoms with E-state index in [2.05, 4.69) is 11.9 Å². The molecule has 0 fully saturated rings. The molecular weight excluding hydrogens is 178 g/mol. The molecule has 0 aromatic heterocycles. The van der Waals surface area contributed by atoms with Crippen molar-refractivity contribution < 1.29 is 9.84 Å². The summed E-state index contributed by atoms with van der Waals surface area (Å²) in [5.41, 5.74) is 2.20. The highest BCUT2D eigenvalue weighted by atomic mass is 16.5. The number of phenolic OH excluding ortho intramolecular Hbond substituents is 1. The van der Waals surface area contributed by atoms with E-state index in [0.29, 0.717) is 11.3 Å². The molecule has 3 nitrogen and oxygen atoms in total. The Balaban J connectivity index is 3.49. The standard InChI is InChI=1S/C11H15NO2/c1-5-8-10(12-3)9(14-4)6-7(2)11(8)13/h5-6,12-13H,1H2,2-4H3. The predicted octanol–water partition coefficient (Wildman–Crippen LogP) is 2.39. The Bertz CT molecular complexity index is 359. The number of ether oxygens (including phenoxy) is 1. The summed E-state index contributed by atoms with van der Waals surface area (Å²) in [6.07, 6.45) is 1.61. The number of aryl methyl sites for hydroxylation is 1. The quantitative estimate of drug-likeness (QED) is 0.774. The minimum absolute atomic E-state index is 0.241. The van der Waals surface area contributed by atoms with Crippen LogP contribution in [0.2, 0.25) is 0 Å². The topological polar surface area (TPSA) is 41.5 Å². The lowest BCUT2D eigenvalue weighted by molar-refractivity contribution is 0.413. The molecular formula is C11H15NO2. The summed E-state index contributed by atoms with van der Waals surface area (Å²) in [6, 6.07) is 1.79. The number of methoxy groups -OCH3 is 1. The first-order chi connectivity index (χ1) is 6.65. The largest absolute Gasteiger partial charge is 0.507 e. The average Bonchev–Trinajstić information content (AvgIpc) is 2.20. The molecule has 0 unspecified atom stereocenters. The molecule has 0 aliphatic heterocycles. The van der Waals surface area contributed by atoms with E-state index in [1.54, 1.807) is 26.3 Å². The summed E-state index contributed by atoms with van der Waals surface area (Å²) in [6.45, 7) is 5.49. The van der Waals surface area contributed by atoms with Gasteiger partial charge < -0.3 is 15.2 Å². The van der Waals surface area contributed by atoms with Gasteiger partial charge >= 0.3 is 0 Å². The van der Waals surface area contributed by atoms with Gasteiger partial charge in [0.2, 0.25) is 0 Å². The normalized spacial score (nSPS) is 9.64. The van der Waals surface area contributed by atoms with Crippen LogP contribution in [-0.4, -0.2) is 19.3 Å². The van der Waals surface area contributed by atoms with Crippen molar-refractivity contribution in [1.29, 1.82) is 0 Å². The fourth-order valence-corrected chi connectivity index (χ4v) is 1.42. The molecule has 0 aliphatic carbocycles. The van der Waals surface area contributed by atoms with E-state index in [1.807, 2.05) is 6.92 Å². The van der Waals surface area contributed by atoms with E-state index >= 15 is 0 Å². The predicted molar refractivity (Wildman–Crippen MR) is 59.0 cm³/mol. The van der Waals surface area contributed by atoms with Crippen LogP contribution in [0, 0.1) is 6.92 Å². The van der Waals surface area contributed by atoms with Gasteiger partial charge in [0.15, 0.2) is 0 Å². The third-order valence-corrected chi connectivity index (χ3v) is 2.17. The van der Waals surface area contributed by atoms with Crippen molar-refractivity contribution in [2.45, 2.75) is 6.92 Å². The number of benzene rings is 1. The fourth-order valence-electron chi connectivity index (χ4n) is 1.42. The number of hydrogen-bond acceptors (Lipinski definition) is 3. The summed E-state index contributed by atoms with van der Waals surface area (Å²) in [4.78, 5) is 0. The van der Waals surface area contributed by atoms with Gasteiger partial charge in [-0.2, -0.15) is 0 Å². The van der Waals surface area contributed by atoms with Crippen LogP contribution in [0.5, 0.6) is 11.5 Å². The minimum atomic E-state index is 0.241. The van der Waals surface area contributed by atoms with Crippen LogP contribution < -0.4 is 10.1 Å². The molecule has 0 saturated heterocycles. The van der Waals surface area contributed by atoms with E-state index in [1.165, 1.54) is 0 Å². The second-order valence-corrected chi connectivity index (χ2v) is 2.99. The van der Waals surface area contributed by atoms with Gasteiger partial charge in [0.25, 0.3) is 0 Å². The van der Waals surface area contributed by atoms with Crippen molar-refractivity contribution in [2.75, 3.05) is 19.5 Å². The lowest BCUT2D eigenvalue weighted by Gasteiger charge is -2.14. The summed E-state index contributed by atoms with van der Waals surface area (Å²) < 4.78 is 5.19. The van der Waals surface area contributed by atoms with Crippen LogP contribution in [0.15, 0.2) is 12.6 Å². The molecule has 0 radical (unpaired) electrons. The van der Waals surface area contributed by atoms with Crippen LogP contribution in [-0.2, 0) is 0 Å². The highest BCUT2D eigenvalue weighted by molar-refractivity contribution is 5.77. The van der Waals surface area contributed by atoms with Gasteiger partial charge in [0.1, 0.15) is 11.5 Å². The zero-order chi connectivity index (χ0) is 10.7. The molecule has 1 aromatic rings. The molecule has 0 bridgehead atoms. The maximum Gasteiger partial charge on any atom is 0.143 e. The Morgan fingerprint density at radius 1 is 1.57 bits per heavy atom. The average molecular weight is 193 g/mol. The third kappa shape index (κ3) is 1.53. The van der Waals surface area contributed by atoms with Crippen LogP contribution in [0.3, 0.4) is 0 Å².